The summed E-state index contributed by atoms with van der Waals surface area (Å²) in [7, 11) is 0. The normalized spacial score (nSPS) is 31.5. The van der Waals surface area contributed by atoms with Crippen molar-refractivity contribution in [3.8, 4) is 6.07 Å². The van der Waals surface area contributed by atoms with Gasteiger partial charge in [-0.3, -0.25) is 0 Å². The van der Waals surface area contributed by atoms with Crippen molar-refractivity contribution < 1.29 is 4.79 Å². The Balaban J connectivity index is 2.70. The molecule has 0 radical (unpaired) electrons. The Morgan fingerprint density at radius 2 is 1.87 bits per heavy atom. The molecule has 0 N–H and O–H groups in total. The van der Waals surface area contributed by atoms with Gasteiger partial charge in [0.15, 0.2) is 5.54 Å². The van der Waals surface area contributed by atoms with Crippen molar-refractivity contribution in [2.45, 2.75) is 52.0 Å². The maximum atomic E-state index is 10.3. The fourth-order valence-electron chi connectivity index (χ4n) is 2.30. The summed E-state index contributed by atoms with van der Waals surface area (Å²) in [5.74, 6) is 0.626. The molecule has 1 aliphatic carbocycles. The topological polar surface area (TPSA) is 53.2 Å². The smallest absolute Gasteiger partial charge is 0.211 e. The second kappa shape index (κ2) is 4.16. The highest BCUT2D eigenvalue weighted by Crippen LogP contribution is 2.42. The average Bonchev–Trinajstić information content (AvgIpc) is 2.17. The predicted molar refractivity (Wildman–Crippen MR) is 57.9 cm³/mol. The van der Waals surface area contributed by atoms with E-state index >= 15 is 0 Å². The summed E-state index contributed by atoms with van der Waals surface area (Å²) in [5, 5.41) is 9.04. The molecule has 0 amide bonds. The molecule has 0 aromatic heterocycles. The molecule has 0 aliphatic heterocycles. The van der Waals surface area contributed by atoms with Crippen LogP contribution in [0.3, 0.4) is 0 Å². The predicted octanol–water partition coefficient (Wildman–Crippen LogP) is 2.82. The van der Waals surface area contributed by atoms with Crippen molar-refractivity contribution in [2.24, 2.45) is 16.3 Å². The number of rotatable bonds is 1. The van der Waals surface area contributed by atoms with Crippen LogP contribution in [0.1, 0.15) is 46.5 Å². The number of isocyanates is 1. The second-order valence-corrected chi connectivity index (χ2v) is 5.49. The van der Waals surface area contributed by atoms with Crippen molar-refractivity contribution in [1.82, 2.24) is 0 Å². The lowest BCUT2D eigenvalue weighted by Crippen LogP contribution is -2.34. The van der Waals surface area contributed by atoms with Gasteiger partial charge in [-0.1, -0.05) is 20.8 Å². The molecule has 1 saturated carbocycles. The first-order valence-corrected chi connectivity index (χ1v) is 5.44. The molecule has 1 aliphatic rings. The van der Waals surface area contributed by atoms with E-state index in [-0.39, 0.29) is 5.41 Å². The van der Waals surface area contributed by atoms with Gasteiger partial charge in [-0.2, -0.15) is 10.3 Å². The average molecular weight is 206 g/mol. The number of nitriles is 1. The van der Waals surface area contributed by atoms with Crippen LogP contribution in [0.5, 0.6) is 0 Å². The summed E-state index contributed by atoms with van der Waals surface area (Å²) in [4.78, 5) is 14.0. The first-order valence-electron chi connectivity index (χ1n) is 5.44. The van der Waals surface area contributed by atoms with Crippen molar-refractivity contribution in [3.63, 3.8) is 0 Å². The molecule has 0 heterocycles. The van der Waals surface area contributed by atoms with Crippen molar-refractivity contribution in [1.29, 1.82) is 5.26 Å². The molecule has 3 heteroatoms. The molecule has 0 aromatic carbocycles. The lowest BCUT2D eigenvalue weighted by atomic mass is 9.68. The third-order valence-corrected chi connectivity index (χ3v) is 3.51. The van der Waals surface area contributed by atoms with Gasteiger partial charge in [-0.25, -0.2) is 4.79 Å². The molecule has 1 rings (SSSR count). The quantitative estimate of drug-likeness (QED) is 0.489. The zero-order valence-electron chi connectivity index (χ0n) is 9.71. The molecule has 0 atom stereocenters. The lowest BCUT2D eigenvalue weighted by molar-refractivity contribution is 0.154. The van der Waals surface area contributed by atoms with Crippen LogP contribution in [-0.4, -0.2) is 11.6 Å². The van der Waals surface area contributed by atoms with Gasteiger partial charge in [0.05, 0.1) is 6.07 Å². The molecular formula is C12H18N2O. The monoisotopic (exact) mass is 206 g/mol. The van der Waals surface area contributed by atoms with Gasteiger partial charge in [0.1, 0.15) is 0 Å². The van der Waals surface area contributed by atoms with Crippen LogP contribution in [0.4, 0.5) is 0 Å². The van der Waals surface area contributed by atoms with Gasteiger partial charge < -0.3 is 0 Å². The molecule has 0 saturated heterocycles. The molecule has 82 valence electrons. The van der Waals surface area contributed by atoms with E-state index in [0.717, 1.165) is 12.8 Å². The summed E-state index contributed by atoms with van der Waals surface area (Å²) < 4.78 is 0. The first kappa shape index (κ1) is 11.9. The van der Waals surface area contributed by atoms with Crippen LogP contribution >= 0.6 is 0 Å². The van der Waals surface area contributed by atoms with Crippen molar-refractivity contribution in [2.75, 3.05) is 0 Å². The molecule has 0 unspecified atom stereocenters. The highest BCUT2D eigenvalue weighted by molar-refractivity contribution is 5.37. The van der Waals surface area contributed by atoms with Gasteiger partial charge in [-0.05, 0) is 37.0 Å². The van der Waals surface area contributed by atoms with Gasteiger partial charge in [-0.15, -0.1) is 0 Å². The Hall–Kier alpha value is -1.13. The first-order chi connectivity index (χ1) is 6.93. The Morgan fingerprint density at radius 1 is 1.33 bits per heavy atom. The van der Waals surface area contributed by atoms with E-state index in [2.05, 4.69) is 31.8 Å². The lowest BCUT2D eigenvalue weighted by Gasteiger charge is -2.38. The van der Waals surface area contributed by atoms with E-state index in [1.165, 1.54) is 6.08 Å². The van der Waals surface area contributed by atoms with Crippen LogP contribution in [0.2, 0.25) is 0 Å². The largest absolute Gasteiger partial charge is 0.236 e. The number of hydrogen-bond acceptors (Lipinski definition) is 3. The van der Waals surface area contributed by atoms with Gasteiger partial charge >= 0.3 is 0 Å². The second-order valence-electron chi connectivity index (χ2n) is 5.49. The van der Waals surface area contributed by atoms with E-state index in [0.29, 0.717) is 18.8 Å². The van der Waals surface area contributed by atoms with Crippen molar-refractivity contribution in [3.05, 3.63) is 0 Å². The summed E-state index contributed by atoms with van der Waals surface area (Å²) in [6.45, 7) is 6.67. The minimum absolute atomic E-state index is 0.284. The molecular weight excluding hydrogens is 188 g/mol. The summed E-state index contributed by atoms with van der Waals surface area (Å²) in [6.07, 6.45) is 4.87. The highest BCUT2D eigenvalue weighted by atomic mass is 16.1. The van der Waals surface area contributed by atoms with E-state index in [9.17, 15) is 4.79 Å². The molecule has 1 fully saturated rings. The van der Waals surface area contributed by atoms with Crippen molar-refractivity contribution >= 4 is 6.08 Å². The number of hydrogen-bond donors (Lipinski definition) is 0. The third kappa shape index (κ3) is 2.67. The van der Waals surface area contributed by atoms with Gasteiger partial charge in [0, 0.05) is 0 Å². The Morgan fingerprint density at radius 3 is 2.20 bits per heavy atom. The summed E-state index contributed by atoms with van der Waals surface area (Å²) in [6, 6.07) is 2.16. The van der Waals surface area contributed by atoms with Crippen LogP contribution in [-0.2, 0) is 4.79 Å². The van der Waals surface area contributed by atoms with Gasteiger partial charge in [0.25, 0.3) is 0 Å². The molecule has 15 heavy (non-hydrogen) atoms. The molecule has 0 aromatic rings. The third-order valence-electron chi connectivity index (χ3n) is 3.51. The zero-order chi connectivity index (χ0) is 11.5. The molecule has 0 bridgehead atoms. The maximum absolute atomic E-state index is 10.3. The zero-order valence-corrected chi connectivity index (χ0v) is 9.71. The fourth-order valence-corrected chi connectivity index (χ4v) is 2.30. The Labute approximate surface area is 91.2 Å². The Kier molecular flexibility index (Phi) is 3.31. The van der Waals surface area contributed by atoms with E-state index < -0.39 is 5.54 Å². The van der Waals surface area contributed by atoms with Crippen LogP contribution in [0.15, 0.2) is 4.99 Å². The maximum Gasteiger partial charge on any atom is 0.236 e. The Bertz CT molecular complexity index is 307. The minimum atomic E-state index is -0.774. The van der Waals surface area contributed by atoms with E-state index in [1.54, 1.807) is 0 Å². The van der Waals surface area contributed by atoms with E-state index in [4.69, 9.17) is 5.26 Å². The fraction of sp³-hybridized carbons (Fsp3) is 0.833. The van der Waals surface area contributed by atoms with E-state index in [1.807, 2.05) is 0 Å². The number of aliphatic imine (C=N–C) groups is 1. The van der Waals surface area contributed by atoms with Crippen LogP contribution < -0.4 is 0 Å². The van der Waals surface area contributed by atoms with Crippen LogP contribution in [0.25, 0.3) is 0 Å². The number of nitrogens with zero attached hydrogens (tertiary/aromatic N) is 2. The number of carbonyl (C=O) groups excluding carboxylic acids is 1. The summed E-state index contributed by atoms with van der Waals surface area (Å²) in [5.41, 5.74) is -0.490. The van der Waals surface area contributed by atoms with Gasteiger partial charge in [0.2, 0.25) is 6.08 Å². The standard InChI is InChI=1S/C12H18N2O/c1-11(2,3)10-4-6-12(8-13,7-5-10)14-9-15/h10H,4-7H2,1-3H3. The highest BCUT2D eigenvalue weighted by Gasteiger charge is 2.38. The summed E-state index contributed by atoms with van der Waals surface area (Å²) >= 11 is 0. The minimum Gasteiger partial charge on any atom is -0.211 e. The SMILES string of the molecule is CC(C)(C)C1CCC(C#N)(N=C=O)CC1. The molecule has 0 spiro atoms. The molecule has 3 nitrogen and oxygen atoms in total. The van der Waals surface area contributed by atoms with Crippen LogP contribution in [0, 0.1) is 22.7 Å².